The molecule has 0 amide bonds. The lowest BCUT2D eigenvalue weighted by atomic mass is 10.4. The van der Waals surface area contributed by atoms with Crippen molar-refractivity contribution in [2.45, 2.75) is 20.3 Å². The van der Waals surface area contributed by atoms with Crippen molar-refractivity contribution < 1.29 is 16.8 Å². The lowest BCUT2D eigenvalue weighted by Gasteiger charge is -2.20. The Balaban J connectivity index is 2.76. The van der Waals surface area contributed by atoms with Crippen LogP contribution in [0.1, 0.15) is 20.3 Å². The highest BCUT2D eigenvalue weighted by atomic mass is 32.2. The zero-order chi connectivity index (χ0) is 13.1. The van der Waals surface area contributed by atoms with Crippen LogP contribution in [-0.4, -0.2) is 63.1 Å². The van der Waals surface area contributed by atoms with E-state index >= 15 is 0 Å². The van der Waals surface area contributed by atoms with Crippen LogP contribution in [0.5, 0.6) is 0 Å². The maximum Gasteiger partial charge on any atom is 0.213 e. The monoisotopic (exact) mass is 284 g/mol. The average molecular weight is 284 g/mol. The van der Waals surface area contributed by atoms with Gasteiger partial charge in [0.25, 0.3) is 0 Å². The summed E-state index contributed by atoms with van der Waals surface area (Å²) in [7, 11) is -6.42. The van der Waals surface area contributed by atoms with Gasteiger partial charge in [-0.2, -0.15) is 0 Å². The molecule has 1 aliphatic rings. The van der Waals surface area contributed by atoms with Gasteiger partial charge in [-0.15, -0.1) is 0 Å². The quantitative estimate of drug-likeness (QED) is 0.710. The van der Waals surface area contributed by atoms with Crippen molar-refractivity contribution in [3.05, 3.63) is 0 Å². The van der Waals surface area contributed by atoms with Crippen molar-refractivity contribution in [2.75, 3.05) is 37.7 Å². The number of rotatable bonds is 4. The molecule has 0 N–H and O–H groups in total. The first-order valence-electron chi connectivity index (χ1n) is 5.79. The first kappa shape index (κ1) is 14.9. The van der Waals surface area contributed by atoms with E-state index in [0.717, 1.165) is 0 Å². The third-order valence-corrected chi connectivity index (χ3v) is 6.69. The summed E-state index contributed by atoms with van der Waals surface area (Å²) in [6, 6.07) is 0. The maximum atomic E-state index is 11.7. The van der Waals surface area contributed by atoms with Gasteiger partial charge in [-0.1, -0.05) is 0 Å². The molecule has 0 aromatic rings. The molecule has 8 heteroatoms. The molecule has 0 spiro atoms. The Morgan fingerprint density at radius 3 is 1.41 bits per heavy atom. The molecule has 0 radical (unpaired) electrons. The highest BCUT2D eigenvalue weighted by Crippen LogP contribution is 2.11. The van der Waals surface area contributed by atoms with Gasteiger partial charge in [0.1, 0.15) is 0 Å². The third kappa shape index (κ3) is 3.64. The van der Waals surface area contributed by atoms with E-state index < -0.39 is 20.0 Å². The molecule has 6 nitrogen and oxygen atoms in total. The molecule has 0 bridgehead atoms. The fourth-order valence-corrected chi connectivity index (χ4v) is 4.06. The molecule has 17 heavy (non-hydrogen) atoms. The Kier molecular flexibility index (Phi) is 4.94. The molecule has 1 heterocycles. The van der Waals surface area contributed by atoms with Gasteiger partial charge in [0.05, 0.1) is 11.5 Å². The molecule has 102 valence electrons. The van der Waals surface area contributed by atoms with Crippen molar-refractivity contribution in [2.24, 2.45) is 0 Å². The second-order valence-corrected chi connectivity index (χ2v) is 8.47. The van der Waals surface area contributed by atoms with Crippen LogP contribution in [0.3, 0.4) is 0 Å². The van der Waals surface area contributed by atoms with Gasteiger partial charge in [-0.3, -0.25) is 0 Å². The molecule has 1 aliphatic heterocycles. The fourth-order valence-electron chi connectivity index (χ4n) is 1.79. The summed E-state index contributed by atoms with van der Waals surface area (Å²) < 4.78 is 49.5. The molecular weight excluding hydrogens is 264 g/mol. The van der Waals surface area contributed by atoms with Gasteiger partial charge in [0, 0.05) is 26.2 Å². The molecular formula is C9H20N2O4S2. The van der Waals surface area contributed by atoms with Crippen LogP contribution >= 0.6 is 0 Å². The van der Waals surface area contributed by atoms with Crippen molar-refractivity contribution in [1.82, 2.24) is 8.61 Å². The molecule has 0 aromatic carbocycles. The topological polar surface area (TPSA) is 74.8 Å². The van der Waals surface area contributed by atoms with Gasteiger partial charge in [0.15, 0.2) is 0 Å². The van der Waals surface area contributed by atoms with Crippen molar-refractivity contribution >= 4 is 20.0 Å². The molecule has 0 saturated carbocycles. The van der Waals surface area contributed by atoms with Gasteiger partial charge in [-0.05, 0) is 20.3 Å². The molecule has 1 saturated heterocycles. The summed E-state index contributed by atoms with van der Waals surface area (Å²) in [5.74, 6) is 0.126. The van der Waals surface area contributed by atoms with E-state index in [2.05, 4.69) is 0 Å². The van der Waals surface area contributed by atoms with Crippen LogP contribution in [0.25, 0.3) is 0 Å². The van der Waals surface area contributed by atoms with E-state index in [4.69, 9.17) is 0 Å². The van der Waals surface area contributed by atoms with Crippen LogP contribution in [0.2, 0.25) is 0 Å². The number of hydrogen-bond donors (Lipinski definition) is 0. The Morgan fingerprint density at radius 2 is 1.12 bits per heavy atom. The zero-order valence-corrected chi connectivity index (χ0v) is 11.9. The van der Waals surface area contributed by atoms with E-state index in [0.29, 0.717) is 19.5 Å². The SMILES string of the molecule is CCS(=O)(=O)N1CCCN(S(=O)(=O)CC)CC1. The number of sulfonamides is 2. The summed E-state index contributed by atoms with van der Waals surface area (Å²) in [6.45, 7) is 4.53. The van der Waals surface area contributed by atoms with E-state index in [-0.39, 0.29) is 24.6 Å². The molecule has 0 aliphatic carbocycles. The zero-order valence-electron chi connectivity index (χ0n) is 10.3. The molecule has 1 rings (SSSR count). The second kappa shape index (κ2) is 5.64. The van der Waals surface area contributed by atoms with Gasteiger partial charge < -0.3 is 0 Å². The van der Waals surface area contributed by atoms with Crippen molar-refractivity contribution in [3.63, 3.8) is 0 Å². The lowest BCUT2D eigenvalue weighted by molar-refractivity contribution is 0.405. The van der Waals surface area contributed by atoms with Crippen molar-refractivity contribution in [1.29, 1.82) is 0 Å². The highest BCUT2D eigenvalue weighted by molar-refractivity contribution is 7.89. The van der Waals surface area contributed by atoms with E-state index in [1.807, 2.05) is 0 Å². The smallest absolute Gasteiger partial charge is 0.212 e. The standard InChI is InChI=1S/C9H20N2O4S2/c1-3-16(12,13)10-6-5-7-11(9-8-10)17(14,15)4-2/h3-9H2,1-2H3. The second-order valence-electron chi connectivity index (χ2n) is 3.95. The van der Waals surface area contributed by atoms with E-state index in [9.17, 15) is 16.8 Å². The van der Waals surface area contributed by atoms with Crippen LogP contribution < -0.4 is 0 Å². The summed E-state index contributed by atoms with van der Waals surface area (Å²) in [6.07, 6.45) is 0.554. The summed E-state index contributed by atoms with van der Waals surface area (Å²) >= 11 is 0. The summed E-state index contributed by atoms with van der Waals surface area (Å²) in [5, 5.41) is 0. The minimum absolute atomic E-state index is 0.0630. The number of nitrogens with zero attached hydrogens (tertiary/aromatic N) is 2. The predicted molar refractivity (Wildman–Crippen MR) is 66.7 cm³/mol. The Bertz CT molecular complexity index is 402. The van der Waals surface area contributed by atoms with Crippen LogP contribution in [-0.2, 0) is 20.0 Å². The normalized spacial score (nSPS) is 21.3. The predicted octanol–water partition coefficient (Wildman–Crippen LogP) is -0.306. The van der Waals surface area contributed by atoms with E-state index in [1.54, 1.807) is 13.8 Å². The van der Waals surface area contributed by atoms with E-state index in [1.165, 1.54) is 8.61 Å². The minimum Gasteiger partial charge on any atom is -0.212 e. The first-order chi connectivity index (χ1) is 7.83. The molecule has 0 aromatic heterocycles. The minimum atomic E-state index is -3.21. The Hall–Kier alpha value is -0.180. The van der Waals surface area contributed by atoms with Gasteiger partial charge in [0.2, 0.25) is 20.0 Å². The largest absolute Gasteiger partial charge is 0.213 e. The van der Waals surface area contributed by atoms with Crippen LogP contribution in [0.15, 0.2) is 0 Å². The summed E-state index contributed by atoms with van der Waals surface area (Å²) in [4.78, 5) is 0. The number of hydrogen-bond acceptors (Lipinski definition) is 4. The average Bonchev–Trinajstić information content (AvgIpc) is 2.55. The maximum absolute atomic E-state index is 11.7. The Labute approximate surface area is 104 Å². The molecule has 0 unspecified atom stereocenters. The highest BCUT2D eigenvalue weighted by Gasteiger charge is 2.27. The summed E-state index contributed by atoms with van der Waals surface area (Å²) in [5.41, 5.74) is 0. The Morgan fingerprint density at radius 1 is 0.765 bits per heavy atom. The van der Waals surface area contributed by atoms with Crippen LogP contribution in [0, 0.1) is 0 Å². The lowest BCUT2D eigenvalue weighted by Crippen LogP contribution is -2.38. The fraction of sp³-hybridized carbons (Fsp3) is 1.00. The van der Waals surface area contributed by atoms with Crippen LogP contribution in [0.4, 0.5) is 0 Å². The third-order valence-electron chi connectivity index (χ3n) is 2.93. The molecule has 1 fully saturated rings. The van der Waals surface area contributed by atoms with Crippen molar-refractivity contribution in [3.8, 4) is 0 Å². The van der Waals surface area contributed by atoms with Gasteiger partial charge in [-0.25, -0.2) is 25.4 Å². The van der Waals surface area contributed by atoms with Gasteiger partial charge >= 0.3 is 0 Å². The molecule has 0 atom stereocenters. The first-order valence-corrected chi connectivity index (χ1v) is 9.01.